The molecule has 0 saturated heterocycles. The van der Waals surface area contributed by atoms with Gasteiger partial charge in [-0.1, -0.05) is 248 Å². The summed E-state index contributed by atoms with van der Waals surface area (Å²) >= 11 is 0. The maximum atomic E-state index is 12.2. The number of hydrogen-bond donors (Lipinski definition) is 0. The quantitative estimate of drug-likeness (QED) is 0.114. The van der Waals surface area contributed by atoms with Crippen LogP contribution in [-0.2, 0) is 19.2 Å². The molecule has 12 rings (SSSR count). The van der Waals surface area contributed by atoms with Crippen molar-refractivity contribution < 1.29 is 32.7 Å². The van der Waals surface area contributed by atoms with Gasteiger partial charge in [-0.3, -0.25) is 29.4 Å². The summed E-state index contributed by atoms with van der Waals surface area (Å²) < 4.78 is 17.0. The number of hydrogen-bond acceptors (Lipinski definition) is 13. The number of Topliss-reactive ketones (excluding diaryl/α,β-unsaturated/α-hetero) is 4. The molecule has 91 heavy (non-hydrogen) atoms. The van der Waals surface area contributed by atoms with E-state index in [1.165, 1.54) is 25.0 Å². The van der Waals surface area contributed by atoms with E-state index in [2.05, 4.69) is 114 Å². The predicted molar refractivity (Wildman–Crippen MR) is 371 cm³/mol. The number of rotatable bonds is 12. The molecule has 6 heterocycles. The fraction of sp³-hybridized carbons (Fsp3) is 0.333. The Morgan fingerprint density at radius 3 is 0.835 bits per heavy atom. The minimum absolute atomic E-state index is 0. The van der Waals surface area contributed by atoms with Crippen LogP contribution in [0.2, 0.25) is 0 Å². The van der Waals surface area contributed by atoms with Gasteiger partial charge in [0.25, 0.3) is 0 Å². The average Bonchev–Trinajstić information content (AvgIpc) is 1.66. The zero-order valence-corrected chi connectivity index (χ0v) is 55.4. The van der Waals surface area contributed by atoms with Crippen molar-refractivity contribution in [1.82, 2.24) is 15.5 Å². The van der Waals surface area contributed by atoms with Gasteiger partial charge in [0, 0.05) is 71.9 Å². The highest BCUT2D eigenvalue weighted by Crippen LogP contribution is 2.44. The van der Waals surface area contributed by atoms with Crippen molar-refractivity contribution in [2.24, 2.45) is 15.0 Å². The summed E-state index contributed by atoms with van der Waals surface area (Å²) in [5.74, 6) is 2.71. The average molecular weight is 1230 g/mol. The minimum Gasteiger partial charge on any atom is -0.358 e. The first-order valence-electron chi connectivity index (χ1n) is 31.7. The van der Waals surface area contributed by atoms with Crippen LogP contribution in [0.5, 0.6) is 0 Å². The van der Waals surface area contributed by atoms with Crippen LogP contribution in [0.15, 0.2) is 180 Å². The van der Waals surface area contributed by atoms with E-state index in [4.69, 9.17) is 28.5 Å². The minimum atomic E-state index is -0.364. The Kier molecular flexibility index (Phi) is 28.0. The second-order valence-electron chi connectivity index (χ2n) is 21.4. The molecule has 0 spiro atoms. The largest absolute Gasteiger partial charge is 0.358 e. The Bertz CT molecular complexity index is 3780. The number of fused-ring (bicyclic) bond motifs is 9. The number of nitrogens with zero attached hydrogens (tertiary/aromatic N) is 6. The first-order chi connectivity index (χ1) is 43.6. The number of carbonyl (C=O) groups excluding carboxylic acids is 4. The highest BCUT2D eigenvalue weighted by Gasteiger charge is 2.34. The van der Waals surface area contributed by atoms with Crippen LogP contribution in [-0.4, -0.2) is 55.7 Å². The number of benzene rings is 6. The first kappa shape index (κ1) is 72.4. The first-order valence-corrected chi connectivity index (χ1v) is 31.7. The van der Waals surface area contributed by atoms with Crippen molar-refractivity contribution in [3.63, 3.8) is 0 Å². The van der Waals surface area contributed by atoms with Gasteiger partial charge in [0.1, 0.15) is 41.3 Å². The number of aliphatic imine (C=N–C) groups is 3. The van der Waals surface area contributed by atoms with Gasteiger partial charge >= 0.3 is 0 Å². The molecule has 0 unspecified atom stereocenters. The lowest BCUT2D eigenvalue weighted by molar-refractivity contribution is -0.120. The Labute approximate surface area is 539 Å². The molecule has 13 nitrogen and oxygen atoms in total. The van der Waals surface area contributed by atoms with E-state index in [-0.39, 0.29) is 48.7 Å². The summed E-state index contributed by atoms with van der Waals surface area (Å²) in [6.45, 7) is 30.6. The summed E-state index contributed by atoms with van der Waals surface area (Å²) in [6, 6.07) is 50.2. The molecule has 13 heteroatoms. The van der Waals surface area contributed by atoms with Crippen molar-refractivity contribution in [2.45, 2.75) is 175 Å². The fourth-order valence-electron chi connectivity index (χ4n) is 10.6. The van der Waals surface area contributed by atoms with Gasteiger partial charge in [0.05, 0.1) is 50.9 Å². The third-order valence-electron chi connectivity index (χ3n) is 14.9. The molecule has 9 aromatic rings. The van der Waals surface area contributed by atoms with E-state index < -0.39 is 0 Å². The second kappa shape index (κ2) is 35.1. The van der Waals surface area contributed by atoms with E-state index >= 15 is 0 Å². The van der Waals surface area contributed by atoms with Crippen molar-refractivity contribution in [3.05, 3.63) is 231 Å². The summed E-state index contributed by atoms with van der Waals surface area (Å²) in [6.07, 6.45) is 2.43. The molecule has 476 valence electrons. The molecule has 0 radical (unpaired) electrons. The Morgan fingerprint density at radius 1 is 0.352 bits per heavy atom. The lowest BCUT2D eigenvalue weighted by Gasteiger charge is -2.12. The summed E-state index contributed by atoms with van der Waals surface area (Å²) in [5, 5.41) is 12.5. The normalized spacial score (nSPS) is 14.2. The Morgan fingerprint density at radius 2 is 0.582 bits per heavy atom. The molecule has 3 aliphatic rings. The van der Waals surface area contributed by atoms with Crippen molar-refractivity contribution >= 4 is 40.3 Å². The number of aryl methyl sites for hydroxylation is 5. The van der Waals surface area contributed by atoms with Crippen molar-refractivity contribution in [2.75, 3.05) is 0 Å². The Balaban J connectivity index is 0.000000230. The maximum Gasteiger partial charge on any atom is 0.169 e. The highest BCUT2D eigenvalue weighted by atomic mass is 16.5. The standard InChI is InChI=1S/2C23H22N2O2.C22H20N2O2.C3H6O.3C2H6.CH4/c2*1-4-17(26)13-20-23-21(15(3)25-27-23)18-7-5-6-8-19(18)22(24-20)16-11-9-14(2)10-12-16;1-3-16(25)13-19-22-20(14(2)24-26-22)17-11-7-8-12-18(17)21(23-19)15-9-5-4-6-10-15;1-3(2)4;3*1-2;/h2*5-12,20H,4,13H2,1-3H3;4-12,19H,3,13H2,1-2H3;1-2H3;3*1-2H3;1H4/t2*20-;19-;;;;;/m000...../s1. The van der Waals surface area contributed by atoms with Gasteiger partial charge in [0.2, 0.25) is 0 Å². The molecule has 0 aliphatic carbocycles. The van der Waals surface area contributed by atoms with Gasteiger partial charge in [-0.15, -0.1) is 0 Å². The van der Waals surface area contributed by atoms with Gasteiger partial charge in [-0.2, -0.15) is 0 Å². The van der Waals surface area contributed by atoms with Crippen LogP contribution in [0.1, 0.15) is 219 Å². The van der Waals surface area contributed by atoms with E-state index in [1.54, 1.807) is 0 Å². The van der Waals surface area contributed by atoms with Gasteiger partial charge in [0.15, 0.2) is 17.3 Å². The lowest BCUT2D eigenvalue weighted by Crippen LogP contribution is -2.08. The molecule has 0 bridgehead atoms. The maximum absolute atomic E-state index is 12.2. The molecule has 6 aromatic carbocycles. The topological polar surface area (TPSA) is 183 Å². The van der Waals surface area contributed by atoms with Crippen molar-refractivity contribution in [3.8, 4) is 33.4 Å². The highest BCUT2D eigenvalue weighted by molar-refractivity contribution is 6.19. The number of ketones is 4. The van der Waals surface area contributed by atoms with Gasteiger partial charge in [-0.05, 0) is 65.2 Å². The lowest BCUT2D eigenvalue weighted by atomic mass is 9.92. The number of aromatic nitrogens is 3. The van der Waals surface area contributed by atoms with Crippen LogP contribution in [0, 0.1) is 34.6 Å². The third kappa shape index (κ3) is 17.5. The second-order valence-corrected chi connectivity index (χ2v) is 21.4. The van der Waals surface area contributed by atoms with Crippen molar-refractivity contribution in [1.29, 1.82) is 0 Å². The predicted octanol–water partition coefficient (Wildman–Crippen LogP) is 19.7. The van der Waals surface area contributed by atoms with E-state index in [9.17, 15) is 19.2 Å². The Hall–Kier alpha value is -9.36. The molecule has 3 atom stereocenters. The molecule has 3 aliphatic heterocycles. The van der Waals surface area contributed by atoms with Crippen LogP contribution in [0.25, 0.3) is 33.4 Å². The number of carbonyl (C=O) groups is 4. The van der Waals surface area contributed by atoms with Gasteiger partial charge in [-0.25, -0.2) is 0 Å². The molecule has 3 aromatic heterocycles. The SMILES string of the molecule is C.CC.CC.CC.CC(C)=O.CCC(=O)C[C@@H]1N=C(c2ccc(C)cc2)c2ccccc2-c2c(C)noc21.CCC(=O)C[C@@H]1N=C(c2ccc(C)cc2)c2ccccc2-c2c(C)noc21.CCC(=O)C[C@@H]1N=C(c2ccccc2)c2ccccc2-c2c(C)noc21. The molecule has 0 N–H and O–H groups in total. The molecule has 0 amide bonds. The molecule has 0 fully saturated rings. The smallest absolute Gasteiger partial charge is 0.169 e. The zero-order chi connectivity index (χ0) is 65.6. The third-order valence-corrected chi connectivity index (χ3v) is 14.9. The zero-order valence-electron chi connectivity index (χ0n) is 55.4. The van der Waals surface area contributed by atoms with Crippen LogP contribution in [0.4, 0.5) is 0 Å². The van der Waals surface area contributed by atoms with E-state index in [0.29, 0.717) is 55.8 Å². The summed E-state index contributed by atoms with van der Waals surface area (Å²) in [5.41, 5.74) is 19.8. The van der Waals surface area contributed by atoms with Crippen LogP contribution in [0.3, 0.4) is 0 Å². The van der Waals surface area contributed by atoms with Crippen LogP contribution < -0.4 is 0 Å². The summed E-state index contributed by atoms with van der Waals surface area (Å²) in [7, 11) is 0. The summed E-state index contributed by atoms with van der Waals surface area (Å²) in [4.78, 5) is 61.1. The molecular formula is C78H92N6O7. The molecular weight excluding hydrogens is 1130 g/mol. The van der Waals surface area contributed by atoms with E-state index in [0.717, 1.165) is 101 Å². The fourth-order valence-corrected chi connectivity index (χ4v) is 10.6. The van der Waals surface area contributed by atoms with E-state index in [1.807, 2.05) is 150 Å². The monoisotopic (exact) mass is 1220 g/mol. The van der Waals surface area contributed by atoms with Gasteiger partial charge < -0.3 is 18.4 Å². The molecule has 0 saturated carbocycles. The van der Waals surface area contributed by atoms with Crippen LogP contribution >= 0.6 is 0 Å².